The van der Waals surface area contributed by atoms with Gasteiger partial charge in [0, 0.05) is 19.3 Å². The van der Waals surface area contributed by atoms with Crippen molar-refractivity contribution in [1.82, 2.24) is 14.9 Å². The number of carboxylic acid groups (broad SMARTS) is 1. The van der Waals surface area contributed by atoms with Crippen LogP contribution >= 0.6 is 0 Å². The summed E-state index contributed by atoms with van der Waals surface area (Å²) >= 11 is 0. The number of halogens is 3. The Balaban J connectivity index is 0.000000246. The zero-order valence-corrected chi connectivity index (χ0v) is 10.3. The van der Waals surface area contributed by atoms with Gasteiger partial charge in [-0.05, 0) is 0 Å². The summed E-state index contributed by atoms with van der Waals surface area (Å²) in [6.07, 6.45) is -1.70. The van der Waals surface area contributed by atoms with Gasteiger partial charge < -0.3 is 19.7 Å². The van der Waals surface area contributed by atoms with Crippen molar-refractivity contribution in [3.05, 3.63) is 18.2 Å². The molecule has 0 bridgehead atoms. The molecule has 0 aliphatic carbocycles. The number of carbonyl (C=O) groups is 2. The fraction of sp³-hybridized carbons (Fsp3) is 0.500. The van der Waals surface area contributed by atoms with Gasteiger partial charge in [-0.15, -0.1) is 0 Å². The minimum absolute atomic E-state index is 0.370. The van der Waals surface area contributed by atoms with Gasteiger partial charge in [0.2, 0.25) is 0 Å². The zero-order chi connectivity index (χ0) is 15.3. The Labute approximate surface area is 111 Å². The van der Waals surface area contributed by atoms with Crippen LogP contribution in [0.25, 0.3) is 0 Å². The van der Waals surface area contributed by atoms with E-state index in [9.17, 15) is 18.0 Å². The third-order valence-corrected chi connectivity index (χ3v) is 2.42. The van der Waals surface area contributed by atoms with Gasteiger partial charge in [-0.2, -0.15) is 13.2 Å². The van der Waals surface area contributed by atoms with Crippen LogP contribution < -0.4 is 5.32 Å². The van der Waals surface area contributed by atoms with E-state index in [1.165, 1.54) is 7.11 Å². The Bertz CT molecular complexity index is 482. The molecule has 112 valence electrons. The van der Waals surface area contributed by atoms with E-state index >= 15 is 0 Å². The van der Waals surface area contributed by atoms with Gasteiger partial charge >= 0.3 is 18.1 Å². The standard InChI is InChI=1S/C8H11N3O2.C2HF3O2/c1-13-8(12)7-4-11(5-10-7)6-2-9-3-6;3-2(4,5)1(6)7/h4-6,9H,2-3H2,1H3;(H,6,7). The summed E-state index contributed by atoms with van der Waals surface area (Å²) in [6.45, 7) is 1.88. The van der Waals surface area contributed by atoms with Crippen LogP contribution in [0.15, 0.2) is 12.5 Å². The number of methoxy groups -OCH3 is 1. The second-order valence-corrected chi connectivity index (χ2v) is 3.81. The number of imidazole rings is 1. The highest BCUT2D eigenvalue weighted by Crippen LogP contribution is 2.13. The fourth-order valence-electron chi connectivity index (χ4n) is 1.23. The highest BCUT2D eigenvalue weighted by atomic mass is 19.4. The molecule has 1 saturated heterocycles. The monoisotopic (exact) mass is 295 g/mol. The minimum atomic E-state index is -5.08. The lowest BCUT2D eigenvalue weighted by Gasteiger charge is -2.27. The Morgan fingerprint density at radius 2 is 2.05 bits per heavy atom. The molecule has 0 spiro atoms. The molecule has 0 atom stereocenters. The van der Waals surface area contributed by atoms with Crippen molar-refractivity contribution in [3.63, 3.8) is 0 Å². The first-order chi connectivity index (χ1) is 9.25. The molecule has 2 N–H and O–H groups in total. The molecule has 1 aromatic rings. The van der Waals surface area contributed by atoms with Gasteiger partial charge in [-0.3, -0.25) is 0 Å². The van der Waals surface area contributed by atoms with Gasteiger partial charge in [-0.25, -0.2) is 14.6 Å². The van der Waals surface area contributed by atoms with Crippen molar-refractivity contribution in [2.24, 2.45) is 0 Å². The average Bonchev–Trinajstić information content (AvgIpc) is 2.74. The van der Waals surface area contributed by atoms with E-state index in [4.69, 9.17) is 9.90 Å². The number of rotatable bonds is 2. The summed E-state index contributed by atoms with van der Waals surface area (Å²) in [5.74, 6) is -3.14. The van der Waals surface area contributed by atoms with Crippen LogP contribution in [0.5, 0.6) is 0 Å². The Morgan fingerprint density at radius 3 is 2.40 bits per heavy atom. The number of carbonyl (C=O) groups excluding carboxylic acids is 1. The van der Waals surface area contributed by atoms with Gasteiger partial charge in [0.25, 0.3) is 0 Å². The molecular formula is C10H12F3N3O4. The maximum atomic E-state index is 11.0. The molecule has 1 aliphatic rings. The number of alkyl halides is 3. The van der Waals surface area contributed by atoms with Crippen molar-refractivity contribution >= 4 is 11.9 Å². The van der Waals surface area contributed by atoms with Crippen LogP contribution in [-0.4, -0.2) is 53.0 Å². The van der Waals surface area contributed by atoms with Crippen molar-refractivity contribution in [1.29, 1.82) is 0 Å². The topological polar surface area (TPSA) is 93.5 Å². The number of nitrogens with one attached hydrogen (secondary N) is 1. The summed E-state index contributed by atoms with van der Waals surface area (Å²) in [4.78, 5) is 23.9. The SMILES string of the molecule is COC(=O)c1cn(C2CNC2)cn1.O=C(O)C(F)(F)F. The molecule has 0 radical (unpaired) electrons. The smallest absolute Gasteiger partial charge is 0.475 e. The maximum Gasteiger partial charge on any atom is 0.490 e. The Morgan fingerprint density at radius 1 is 1.50 bits per heavy atom. The number of esters is 1. The number of hydrogen-bond donors (Lipinski definition) is 2. The summed E-state index contributed by atoms with van der Waals surface area (Å²) < 4.78 is 38.2. The zero-order valence-electron chi connectivity index (χ0n) is 10.3. The number of hydrogen-bond acceptors (Lipinski definition) is 5. The molecule has 0 saturated carbocycles. The molecule has 2 heterocycles. The van der Waals surface area contributed by atoms with Crippen LogP contribution in [-0.2, 0) is 9.53 Å². The van der Waals surface area contributed by atoms with Gasteiger partial charge in [0.15, 0.2) is 5.69 Å². The molecule has 0 unspecified atom stereocenters. The quantitative estimate of drug-likeness (QED) is 0.769. The van der Waals surface area contributed by atoms with Gasteiger partial charge in [-0.1, -0.05) is 0 Å². The Kier molecular flexibility index (Phi) is 5.08. The first-order valence-corrected chi connectivity index (χ1v) is 5.38. The van der Waals surface area contributed by atoms with Crippen LogP contribution in [0, 0.1) is 0 Å². The lowest BCUT2D eigenvalue weighted by Crippen LogP contribution is -2.42. The van der Waals surface area contributed by atoms with E-state index in [0.717, 1.165) is 13.1 Å². The molecule has 7 nitrogen and oxygen atoms in total. The van der Waals surface area contributed by atoms with E-state index in [1.54, 1.807) is 12.5 Å². The highest BCUT2D eigenvalue weighted by molar-refractivity contribution is 5.86. The maximum absolute atomic E-state index is 11.0. The van der Waals surface area contributed by atoms with Crippen LogP contribution in [0.3, 0.4) is 0 Å². The molecular weight excluding hydrogens is 283 g/mol. The van der Waals surface area contributed by atoms with E-state index < -0.39 is 12.1 Å². The predicted molar refractivity (Wildman–Crippen MR) is 59.2 cm³/mol. The van der Waals surface area contributed by atoms with E-state index in [1.807, 2.05) is 4.57 Å². The third kappa shape index (κ3) is 4.23. The average molecular weight is 295 g/mol. The molecule has 0 aromatic carbocycles. The molecule has 20 heavy (non-hydrogen) atoms. The predicted octanol–water partition coefficient (Wildman–Crippen LogP) is 0.447. The van der Waals surface area contributed by atoms with Gasteiger partial charge in [0.1, 0.15) is 0 Å². The molecule has 0 amide bonds. The van der Waals surface area contributed by atoms with Gasteiger partial charge in [0.05, 0.1) is 19.5 Å². The first-order valence-electron chi connectivity index (χ1n) is 5.38. The summed E-state index contributed by atoms with van der Waals surface area (Å²) in [5.41, 5.74) is 0.370. The van der Waals surface area contributed by atoms with Crippen LogP contribution in [0.1, 0.15) is 16.5 Å². The van der Waals surface area contributed by atoms with Crippen molar-refractivity contribution < 1.29 is 32.6 Å². The Hall–Kier alpha value is -2.10. The second-order valence-electron chi connectivity index (χ2n) is 3.81. The van der Waals surface area contributed by atoms with Crippen molar-refractivity contribution in [3.8, 4) is 0 Å². The van der Waals surface area contributed by atoms with Crippen molar-refractivity contribution in [2.45, 2.75) is 12.2 Å². The highest BCUT2D eigenvalue weighted by Gasteiger charge is 2.38. The first kappa shape index (κ1) is 16.0. The number of ether oxygens (including phenoxy) is 1. The third-order valence-electron chi connectivity index (χ3n) is 2.42. The summed E-state index contributed by atoms with van der Waals surface area (Å²) in [5, 5.41) is 10.3. The molecule has 1 fully saturated rings. The molecule has 2 rings (SSSR count). The number of nitrogens with zero attached hydrogens (tertiary/aromatic N) is 2. The van der Waals surface area contributed by atoms with E-state index in [2.05, 4.69) is 15.0 Å². The van der Waals surface area contributed by atoms with Crippen molar-refractivity contribution in [2.75, 3.05) is 20.2 Å². The minimum Gasteiger partial charge on any atom is -0.475 e. The number of aliphatic carboxylic acids is 1. The lowest BCUT2D eigenvalue weighted by molar-refractivity contribution is -0.192. The number of carboxylic acids is 1. The van der Waals surface area contributed by atoms with E-state index in [0.29, 0.717) is 11.7 Å². The van der Waals surface area contributed by atoms with Crippen LogP contribution in [0.4, 0.5) is 13.2 Å². The second kappa shape index (κ2) is 6.37. The summed E-state index contributed by atoms with van der Waals surface area (Å²) in [6, 6.07) is 0.436. The normalized spacial score (nSPS) is 14.8. The summed E-state index contributed by atoms with van der Waals surface area (Å²) in [7, 11) is 1.35. The number of aromatic nitrogens is 2. The fourth-order valence-corrected chi connectivity index (χ4v) is 1.23. The molecule has 1 aliphatic heterocycles. The van der Waals surface area contributed by atoms with Crippen LogP contribution in [0.2, 0.25) is 0 Å². The lowest BCUT2D eigenvalue weighted by atomic mass is 10.2. The van der Waals surface area contributed by atoms with E-state index in [-0.39, 0.29) is 5.97 Å². The molecule has 10 heteroatoms. The largest absolute Gasteiger partial charge is 0.490 e. The molecule has 1 aromatic heterocycles.